The van der Waals surface area contributed by atoms with E-state index in [4.69, 9.17) is 4.42 Å². The summed E-state index contributed by atoms with van der Waals surface area (Å²) in [5.41, 5.74) is 3.05. The van der Waals surface area contributed by atoms with Crippen LogP contribution in [0, 0.1) is 0 Å². The Morgan fingerprint density at radius 3 is 2.44 bits per heavy atom. The van der Waals surface area contributed by atoms with Gasteiger partial charge in [-0.1, -0.05) is 55.5 Å². The molecule has 3 rings (SSSR count). The number of nitrogens with one attached hydrogen (secondary N) is 1. The maximum Gasteiger partial charge on any atom is 0.322 e. The van der Waals surface area contributed by atoms with Crippen molar-refractivity contribution in [3.63, 3.8) is 0 Å². The van der Waals surface area contributed by atoms with Crippen molar-refractivity contribution in [3.05, 3.63) is 89.9 Å². The minimum Gasteiger partial charge on any atom is -0.467 e. The number of nitrogens with zero attached hydrogens (tertiary/aromatic N) is 1. The predicted octanol–water partition coefficient (Wildman–Crippen LogP) is 5.08. The van der Waals surface area contributed by atoms with E-state index in [9.17, 15) is 4.79 Å². The number of anilines is 1. The first-order chi connectivity index (χ1) is 12.3. The minimum absolute atomic E-state index is 0.138. The highest BCUT2D eigenvalue weighted by Gasteiger charge is 2.17. The number of benzene rings is 2. The molecule has 2 amide bonds. The molecular formula is C21H22N2O2. The van der Waals surface area contributed by atoms with Crippen molar-refractivity contribution in [2.75, 3.05) is 5.32 Å². The molecule has 1 aromatic heterocycles. The predicted molar refractivity (Wildman–Crippen MR) is 99.2 cm³/mol. The zero-order valence-corrected chi connectivity index (χ0v) is 14.3. The smallest absolute Gasteiger partial charge is 0.322 e. The molecule has 0 aliphatic rings. The number of amides is 2. The van der Waals surface area contributed by atoms with E-state index < -0.39 is 0 Å². The number of hydrogen-bond acceptors (Lipinski definition) is 2. The van der Waals surface area contributed by atoms with E-state index in [-0.39, 0.29) is 6.03 Å². The highest BCUT2D eigenvalue weighted by molar-refractivity contribution is 5.90. The Kier molecular flexibility index (Phi) is 5.52. The lowest BCUT2D eigenvalue weighted by Crippen LogP contribution is -2.34. The highest BCUT2D eigenvalue weighted by Crippen LogP contribution is 2.18. The van der Waals surface area contributed by atoms with Crippen LogP contribution in [0.15, 0.2) is 77.4 Å². The maximum absolute atomic E-state index is 12.9. The molecule has 0 saturated carbocycles. The summed E-state index contributed by atoms with van der Waals surface area (Å²) in [7, 11) is 0. The van der Waals surface area contributed by atoms with Crippen molar-refractivity contribution in [1.29, 1.82) is 0 Å². The van der Waals surface area contributed by atoms with Gasteiger partial charge in [-0.2, -0.15) is 0 Å². The molecule has 0 fully saturated rings. The van der Waals surface area contributed by atoms with Crippen LogP contribution in [0.4, 0.5) is 10.5 Å². The monoisotopic (exact) mass is 334 g/mol. The average Bonchev–Trinajstić information content (AvgIpc) is 3.15. The SMILES string of the molecule is CCc1ccccc1NC(=O)N(Cc1ccccc1)Cc1ccco1. The molecule has 1 heterocycles. The number of rotatable bonds is 6. The lowest BCUT2D eigenvalue weighted by Gasteiger charge is -2.23. The lowest BCUT2D eigenvalue weighted by atomic mass is 10.1. The second kappa shape index (κ2) is 8.20. The van der Waals surface area contributed by atoms with Crippen molar-refractivity contribution < 1.29 is 9.21 Å². The van der Waals surface area contributed by atoms with Crippen LogP contribution < -0.4 is 5.32 Å². The van der Waals surface area contributed by atoms with Gasteiger partial charge in [0.25, 0.3) is 0 Å². The zero-order valence-electron chi connectivity index (χ0n) is 14.3. The van der Waals surface area contributed by atoms with E-state index in [0.717, 1.165) is 29.0 Å². The Balaban J connectivity index is 1.78. The van der Waals surface area contributed by atoms with Gasteiger partial charge in [-0.3, -0.25) is 0 Å². The normalized spacial score (nSPS) is 10.4. The van der Waals surface area contributed by atoms with E-state index in [1.807, 2.05) is 66.7 Å². The van der Waals surface area contributed by atoms with Crippen LogP contribution >= 0.6 is 0 Å². The summed E-state index contributed by atoms with van der Waals surface area (Å²) in [5, 5.41) is 3.04. The Morgan fingerprint density at radius 2 is 1.72 bits per heavy atom. The molecule has 0 aliphatic heterocycles. The van der Waals surface area contributed by atoms with Crippen LogP contribution in [-0.2, 0) is 19.5 Å². The highest BCUT2D eigenvalue weighted by atomic mass is 16.3. The van der Waals surface area contributed by atoms with E-state index in [1.165, 1.54) is 0 Å². The van der Waals surface area contributed by atoms with Crippen molar-refractivity contribution in [2.24, 2.45) is 0 Å². The summed E-state index contributed by atoms with van der Waals surface area (Å²) < 4.78 is 5.43. The van der Waals surface area contributed by atoms with Crippen LogP contribution in [0.1, 0.15) is 23.8 Å². The second-order valence-corrected chi connectivity index (χ2v) is 5.86. The van der Waals surface area contributed by atoms with Gasteiger partial charge in [-0.25, -0.2) is 4.79 Å². The van der Waals surface area contributed by atoms with Gasteiger partial charge < -0.3 is 14.6 Å². The molecule has 0 saturated heterocycles. The van der Waals surface area contributed by atoms with Gasteiger partial charge in [-0.15, -0.1) is 0 Å². The molecule has 0 atom stereocenters. The van der Waals surface area contributed by atoms with E-state index in [2.05, 4.69) is 12.2 Å². The molecule has 2 aromatic carbocycles. The second-order valence-electron chi connectivity index (χ2n) is 5.86. The molecule has 0 spiro atoms. The van der Waals surface area contributed by atoms with Crippen LogP contribution in [0.5, 0.6) is 0 Å². The fourth-order valence-electron chi connectivity index (χ4n) is 2.74. The first kappa shape index (κ1) is 16.8. The Morgan fingerprint density at radius 1 is 0.960 bits per heavy atom. The van der Waals surface area contributed by atoms with Gasteiger partial charge in [0.2, 0.25) is 0 Å². The van der Waals surface area contributed by atoms with E-state index >= 15 is 0 Å². The maximum atomic E-state index is 12.9. The Labute approximate surface area is 148 Å². The molecule has 4 heteroatoms. The van der Waals surface area contributed by atoms with Gasteiger partial charge in [0.15, 0.2) is 0 Å². The molecule has 0 radical (unpaired) electrons. The van der Waals surface area contributed by atoms with Gasteiger partial charge in [0.1, 0.15) is 5.76 Å². The van der Waals surface area contributed by atoms with Gasteiger partial charge >= 0.3 is 6.03 Å². The lowest BCUT2D eigenvalue weighted by molar-refractivity contribution is 0.201. The topological polar surface area (TPSA) is 45.5 Å². The molecular weight excluding hydrogens is 312 g/mol. The first-order valence-corrected chi connectivity index (χ1v) is 8.46. The summed E-state index contributed by atoms with van der Waals surface area (Å²) in [6.07, 6.45) is 2.49. The van der Waals surface area contributed by atoms with Gasteiger partial charge in [0.05, 0.1) is 12.8 Å². The van der Waals surface area contributed by atoms with Crippen molar-refractivity contribution in [1.82, 2.24) is 4.90 Å². The van der Waals surface area contributed by atoms with Crippen molar-refractivity contribution >= 4 is 11.7 Å². The number of carbonyl (C=O) groups excluding carboxylic acids is 1. The van der Waals surface area contributed by atoms with Crippen LogP contribution in [0.2, 0.25) is 0 Å². The number of carbonyl (C=O) groups is 1. The summed E-state index contributed by atoms with van der Waals surface area (Å²) in [4.78, 5) is 14.6. The van der Waals surface area contributed by atoms with E-state index in [1.54, 1.807) is 11.2 Å². The van der Waals surface area contributed by atoms with E-state index in [0.29, 0.717) is 13.1 Å². The largest absolute Gasteiger partial charge is 0.467 e. The minimum atomic E-state index is -0.138. The number of urea groups is 1. The average molecular weight is 334 g/mol. The summed E-state index contributed by atoms with van der Waals surface area (Å²) in [6.45, 7) is 3.01. The summed E-state index contributed by atoms with van der Waals surface area (Å²) in [5.74, 6) is 0.759. The van der Waals surface area contributed by atoms with Crippen LogP contribution in [0.25, 0.3) is 0 Å². The third-order valence-corrected chi connectivity index (χ3v) is 4.07. The summed E-state index contributed by atoms with van der Waals surface area (Å²) >= 11 is 0. The fraction of sp³-hybridized carbons (Fsp3) is 0.190. The third-order valence-electron chi connectivity index (χ3n) is 4.07. The van der Waals surface area contributed by atoms with Crippen LogP contribution in [-0.4, -0.2) is 10.9 Å². The van der Waals surface area contributed by atoms with Gasteiger partial charge in [-0.05, 0) is 35.7 Å². The standard InChI is InChI=1S/C21H22N2O2/c1-2-18-11-6-7-13-20(18)22-21(24)23(16-19-12-8-14-25-19)15-17-9-4-3-5-10-17/h3-14H,2,15-16H2,1H3,(H,22,24). The number of furan rings is 1. The van der Waals surface area contributed by atoms with Gasteiger partial charge in [0, 0.05) is 12.2 Å². The Hall–Kier alpha value is -3.01. The first-order valence-electron chi connectivity index (χ1n) is 8.46. The molecule has 0 unspecified atom stereocenters. The molecule has 4 nitrogen and oxygen atoms in total. The van der Waals surface area contributed by atoms with Crippen molar-refractivity contribution in [3.8, 4) is 0 Å². The third kappa shape index (κ3) is 4.51. The summed E-state index contributed by atoms with van der Waals surface area (Å²) in [6, 6.07) is 21.4. The molecule has 1 N–H and O–H groups in total. The molecule has 0 bridgehead atoms. The molecule has 25 heavy (non-hydrogen) atoms. The quantitative estimate of drug-likeness (QED) is 0.683. The van der Waals surface area contributed by atoms with Crippen molar-refractivity contribution in [2.45, 2.75) is 26.4 Å². The Bertz CT molecular complexity index is 798. The zero-order chi connectivity index (χ0) is 17.5. The molecule has 0 aliphatic carbocycles. The molecule has 3 aromatic rings. The number of hydrogen-bond donors (Lipinski definition) is 1. The number of para-hydroxylation sites is 1. The fourth-order valence-corrected chi connectivity index (χ4v) is 2.74. The van der Waals surface area contributed by atoms with Crippen LogP contribution in [0.3, 0.4) is 0 Å². The molecule has 128 valence electrons. The number of aryl methyl sites for hydroxylation is 1.